The van der Waals surface area contributed by atoms with Crippen LogP contribution in [0.2, 0.25) is 0 Å². The summed E-state index contributed by atoms with van der Waals surface area (Å²) in [5, 5.41) is 3.32. The quantitative estimate of drug-likeness (QED) is 0.819. The van der Waals surface area contributed by atoms with E-state index in [4.69, 9.17) is 4.74 Å². The van der Waals surface area contributed by atoms with Crippen molar-refractivity contribution >= 4 is 9.84 Å². The molecule has 1 atom stereocenters. The molecule has 1 unspecified atom stereocenters. The van der Waals surface area contributed by atoms with E-state index in [1.54, 1.807) is 7.11 Å². The van der Waals surface area contributed by atoms with Crippen molar-refractivity contribution in [1.29, 1.82) is 0 Å². The van der Waals surface area contributed by atoms with E-state index in [1.165, 1.54) is 0 Å². The molecule has 0 saturated carbocycles. The highest BCUT2D eigenvalue weighted by Crippen LogP contribution is 2.44. The Morgan fingerprint density at radius 2 is 2.06 bits per heavy atom. The van der Waals surface area contributed by atoms with Crippen molar-refractivity contribution in [3.05, 3.63) is 0 Å². The van der Waals surface area contributed by atoms with E-state index < -0.39 is 9.84 Å². The summed E-state index contributed by atoms with van der Waals surface area (Å²) in [4.78, 5) is 0. The summed E-state index contributed by atoms with van der Waals surface area (Å²) >= 11 is 0. The molecule has 0 spiro atoms. The maximum absolute atomic E-state index is 11.6. The minimum absolute atomic E-state index is 0.111. The van der Waals surface area contributed by atoms with Gasteiger partial charge in [0, 0.05) is 20.2 Å². The molecule has 0 amide bonds. The molecule has 2 rings (SSSR count). The molecule has 2 heterocycles. The van der Waals surface area contributed by atoms with Crippen LogP contribution in [0, 0.1) is 11.3 Å². The first-order chi connectivity index (χ1) is 8.29. The molecule has 2 fully saturated rings. The van der Waals surface area contributed by atoms with Gasteiger partial charge in [0.2, 0.25) is 0 Å². The lowest BCUT2D eigenvalue weighted by molar-refractivity contribution is -0.0136. The number of methoxy groups -OCH3 is 1. The van der Waals surface area contributed by atoms with Gasteiger partial charge in [0.15, 0.2) is 9.84 Å². The molecular weight excluding hydrogens is 250 g/mol. The maximum Gasteiger partial charge on any atom is 0.150 e. The van der Waals surface area contributed by atoms with Crippen LogP contribution in [0.1, 0.15) is 33.1 Å². The Kier molecular flexibility index (Phi) is 3.78. The van der Waals surface area contributed by atoms with E-state index in [2.05, 4.69) is 19.2 Å². The van der Waals surface area contributed by atoms with Gasteiger partial charge in [-0.3, -0.25) is 0 Å². The van der Waals surface area contributed by atoms with Crippen molar-refractivity contribution in [1.82, 2.24) is 5.32 Å². The molecule has 106 valence electrons. The van der Waals surface area contributed by atoms with Gasteiger partial charge in [0.25, 0.3) is 0 Å². The number of nitrogens with one attached hydrogen (secondary N) is 1. The molecule has 0 aromatic rings. The predicted octanol–water partition coefficient (Wildman–Crippen LogP) is 1.22. The number of rotatable bonds is 5. The Balaban J connectivity index is 1.99. The van der Waals surface area contributed by atoms with Gasteiger partial charge in [-0.25, -0.2) is 8.42 Å². The van der Waals surface area contributed by atoms with Crippen molar-refractivity contribution in [2.45, 2.75) is 38.7 Å². The summed E-state index contributed by atoms with van der Waals surface area (Å²) in [7, 11) is -1.03. The number of hydrogen-bond donors (Lipinski definition) is 1. The molecule has 0 radical (unpaired) electrons. The first-order valence-corrected chi connectivity index (χ1v) is 8.57. The van der Waals surface area contributed by atoms with Gasteiger partial charge in [-0.2, -0.15) is 0 Å². The van der Waals surface area contributed by atoms with Gasteiger partial charge < -0.3 is 10.1 Å². The van der Waals surface area contributed by atoms with E-state index in [-0.39, 0.29) is 11.0 Å². The average molecular weight is 275 g/mol. The fourth-order valence-electron chi connectivity index (χ4n) is 3.05. The molecule has 5 heteroatoms. The fraction of sp³-hybridized carbons (Fsp3) is 1.00. The van der Waals surface area contributed by atoms with E-state index in [0.29, 0.717) is 17.4 Å². The normalized spacial score (nSPS) is 30.1. The highest BCUT2D eigenvalue weighted by molar-refractivity contribution is 7.91. The minimum atomic E-state index is -2.77. The van der Waals surface area contributed by atoms with Gasteiger partial charge in [-0.15, -0.1) is 0 Å². The fourth-order valence-corrected chi connectivity index (χ4v) is 4.99. The Bertz CT molecular complexity index is 398. The lowest BCUT2D eigenvalue weighted by atomic mass is 9.66. The van der Waals surface area contributed by atoms with E-state index in [1.807, 2.05) is 0 Å². The number of ether oxygens (including phenoxy) is 1. The van der Waals surface area contributed by atoms with E-state index in [9.17, 15) is 8.42 Å². The summed E-state index contributed by atoms with van der Waals surface area (Å²) in [6.45, 7) is 6.12. The van der Waals surface area contributed by atoms with Gasteiger partial charge in [-0.1, -0.05) is 0 Å². The monoisotopic (exact) mass is 275 g/mol. The molecule has 2 aliphatic rings. The van der Waals surface area contributed by atoms with Gasteiger partial charge >= 0.3 is 0 Å². The zero-order chi connectivity index (χ0) is 13.4. The van der Waals surface area contributed by atoms with Gasteiger partial charge in [-0.05, 0) is 44.4 Å². The third-order valence-electron chi connectivity index (χ3n) is 4.83. The van der Waals surface area contributed by atoms with Crippen LogP contribution in [-0.2, 0) is 14.6 Å². The molecule has 0 aliphatic carbocycles. The molecule has 0 aromatic carbocycles. The summed E-state index contributed by atoms with van der Waals surface area (Å²) in [5.41, 5.74) is 0.0828. The first kappa shape index (κ1) is 14.3. The van der Waals surface area contributed by atoms with Gasteiger partial charge in [0.05, 0.1) is 17.1 Å². The molecule has 2 saturated heterocycles. The van der Waals surface area contributed by atoms with Crippen LogP contribution in [0.5, 0.6) is 0 Å². The molecule has 2 aliphatic heterocycles. The van der Waals surface area contributed by atoms with Gasteiger partial charge in [0.1, 0.15) is 0 Å². The summed E-state index contributed by atoms with van der Waals surface area (Å²) in [6.07, 6.45) is 2.89. The molecular formula is C13H25NO3S. The second-order valence-electron chi connectivity index (χ2n) is 6.53. The zero-order valence-electron chi connectivity index (χ0n) is 11.7. The Morgan fingerprint density at radius 3 is 2.44 bits per heavy atom. The third kappa shape index (κ3) is 2.89. The highest BCUT2D eigenvalue weighted by Gasteiger charge is 2.48. The van der Waals surface area contributed by atoms with Crippen molar-refractivity contribution in [2.75, 3.05) is 31.7 Å². The smallest absolute Gasteiger partial charge is 0.150 e. The second-order valence-corrected chi connectivity index (χ2v) is 8.76. The highest BCUT2D eigenvalue weighted by atomic mass is 32.2. The van der Waals surface area contributed by atoms with E-state index in [0.717, 1.165) is 32.4 Å². The molecule has 0 bridgehead atoms. The van der Waals surface area contributed by atoms with Crippen LogP contribution in [0.4, 0.5) is 0 Å². The Morgan fingerprint density at radius 1 is 1.39 bits per heavy atom. The Hall–Kier alpha value is -0.130. The van der Waals surface area contributed by atoms with E-state index >= 15 is 0 Å². The second kappa shape index (κ2) is 4.76. The number of hydrogen-bond acceptors (Lipinski definition) is 4. The minimum Gasteiger partial charge on any atom is -0.379 e. The summed E-state index contributed by atoms with van der Waals surface area (Å²) in [5.74, 6) is 1.12. The molecule has 18 heavy (non-hydrogen) atoms. The topological polar surface area (TPSA) is 55.4 Å². The zero-order valence-corrected chi connectivity index (χ0v) is 12.5. The van der Waals surface area contributed by atoms with Crippen LogP contribution >= 0.6 is 0 Å². The third-order valence-corrected chi connectivity index (χ3v) is 6.60. The lowest BCUT2D eigenvalue weighted by Crippen LogP contribution is -2.58. The van der Waals surface area contributed by atoms with Crippen LogP contribution in [0.25, 0.3) is 0 Å². The van der Waals surface area contributed by atoms with Crippen LogP contribution < -0.4 is 5.32 Å². The van der Waals surface area contributed by atoms with Crippen LogP contribution in [0.15, 0.2) is 0 Å². The van der Waals surface area contributed by atoms with Crippen LogP contribution in [0.3, 0.4) is 0 Å². The standard InChI is InChI=1S/C13H25NO3S/c1-12(2,17-3)5-6-13(9-14-10-13)11-4-7-18(15,16)8-11/h11,14H,4-10H2,1-3H3. The summed E-state index contributed by atoms with van der Waals surface area (Å²) < 4.78 is 28.7. The first-order valence-electron chi connectivity index (χ1n) is 6.75. The summed E-state index contributed by atoms with van der Waals surface area (Å²) in [6, 6.07) is 0. The number of sulfone groups is 1. The van der Waals surface area contributed by atoms with Crippen molar-refractivity contribution in [3.8, 4) is 0 Å². The SMILES string of the molecule is COC(C)(C)CCC1(C2CCS(=O)(=O)C2)CNC1. The predicted molar refractivity (Wildman–Crippen MR) is 72.4 cm³/mol. The Labute approximate surface area is 110 Å². The molecule has 4 nitrogen and oxygen atoms in total. The van der Waals surface area contributed by atoms with Crippen LogP contribution in [-0.4, -0.2) is 45.7 Å². The molecule has 0 aromatic heterocycles. The average Bonchev–Trinajstić information content (AvgIpc) is 2.58. The maximum atomic E-state index is 11.6. The molecule has 1 N–H and O–H groups in total. The van der Waals surface area contributed by atoms with Crippen molar-refractivity contribution in [3.63, 3.8) is 0 Å². The lowest BCUT2D eigenvalue weighted by Gasteiger charge is -2.48. The largest absolute Gasteiger partial charge is 0.379 e. The van der Waals surface area contributed by atoms with Crippen molar-refractivity contribution < 1.29 is 13.2 Å². The van der Waals surface area contributed by atoms with Crippen molar-refractivity contribution in [2.24, 2.45) is 11.3 Å².